The maximum absolute atomic E-state index is 11.8. The van der Waals surface area contributed by atoms with Crippen molar-refractivity contribution in [3.63, 3.8) is 0 Å². The lowest BCUT2D eigenvalue weighted by Gasteiger charge is -2.36. The highest BCUT2D eigenvalue weighted by Crippen LogP contribution is 2.30. The van der Waals surface area contributed by atoms with Crippen LogP contribution < -0.4 is 10.2 Å². The summed E-state index contributed by atoms with van der Waals surface area (Å²) >= 11 is 1.61. The number of hydrogen-bond donors (Lipinski definition) is 1. The molecular weight excluding hydrogens is 380 g/mol. The maximum atomic E-state index is 11.8. The van der Waals surface area contributed by atoms with E-state index in [1.54, 1.807) is 11.5 Å². The highest BCUT2D eigenvalue weighted by Gasteiger charge is 2.24. The van der Waals surface area contributed by atoms with Crippen molar-refractivity contribution in [3.05, 3.63) is 24.3 Å². The minimum Gasteiger partial charge on any atom is -0.353 e. The number of anilines is 1. The van der Waals surface area contributed by atoms with Crippen molar-refractivity contribution in [3.8, 4) is 0 Å². The summed E-state index contributed by atoms with van der Waals surface area (Å²) in [6.45, 7) is 7.69. The molecule has 29 heavy (non-hydrogen) atoms. The predicted octanol–water partition coefficient (Wildman–Crippen LogP) is 4.28. The molecule has 0 atom stereocenters. The first-order valence-corrected chi connectivity index (χ1v) is 12.1. The molecule has 4 rings (SSSR count). The summed E-state index contributed by atoms with van der Waals surface area (Å²) in [4.78, 5) is 16.9. The molecule has 2 aromatic rings. The normalized spacial score (nSPS) is 23.4. The van der Waals surface area contributed by atoms with Gasteiger partial charge in [0.05, 0.1) is 4.70 Å². The van der Waals surface area contributed by atoms with Crippen LogP contribution in [0.5, 0.6) is 0 Å². The van der Waals surface area contributed by atoms with Crippen molar-refractivity contribution in [1.82, 2.24) is 14.6 Å². The molecule has 1 N–H and O–H groups in total. The molecule has 1 amide bonds. The maximum Gasteiger partial charge on any atom is 0.220 e. The number of benzene rings is 1. The average molecular weight is 415 g/mol. The Kier molecular flexibility index (Phi) is 7.03. The molecular formula is C23H34N4OS. The zero-order valence-electron chi connectivity index (χ0n) is 17.6. The van der Waals surface area contributed by atoms with E-state index in [2.05, 4.69) is 46.3 Å². The second-order valence-electron chi connectivity index (χ2n) is 8.65. The third-order valence-electron chi connectivity index (χ3n) is 6.57. The highest BCUT2D eigenvalue weighted by atomic mass is 32.1. The first kappa shape index (κ1) is 20.6. The molecule has 1 saturated carbocycles. The largest absolute Gasteiger partial charge is 0.353 e. The Morgan fingerprint density at radius 1 is 1.14 bits per heavy atom. The number of nitrogens with one attached hydrogen (secondary N) is 1. The molecule has 0 spiro atoms. The molecule has 1 aliphatic heterocycles. The molecule has 1 aromatic heterocycles. The number of piperazine rings is 1. The summed E-state index contributed by atoms with van der Waals surface area (Å²) in [5, 5.41) is 4.52. The first-order chi connectivity index (χ1) is 14.2. The van der Waals surface area contributed by atoms with E-state index in [0.29, 0.717) is 12.5 Å². The topological polar surface area (TPSA) is 48.5 Å². The van der Waals surface area contributed by atoms with E-state index >= 15 is 0 Å². The zero-order valence-corrected chi connectivity index (χ0v) is 18.4. The predicted molar refractivity (Wildman–Crippen MR) is 122 cm³/mol. The van der Waals surface area contributed by atoms with Gasteiger partial charge in [0.25, 0.3) is 0 Å². The fourth-order valence-corrected chi connectivity index (χ4v) is 5.57. The van der Waals surface area contributed by atoms with E-state index in [0.717, 1.165) is 51.4 Å². The number of rotatable bonds is 7. The second-order valence-corrected chi connectivity index (χ2v) is 9.46. The van der Waals surface area contributed by atoms with Gasteiger partial charge in [0, 0.05) is 44.0 Å². The molecule has 5 nitrogen and oxygen atoms in total. The number of hydrogen-bond acceptors (Lipinski definition) is 5. The lowest BCUT2D eigenvalue weighted by molar-refractivity contribution is -0.122. The van der Waals surface area contributed by atoms with E-state index in [1.807, 2.05) is 0 Å². The molecule has 0 unspecified atom stereocenters. The van der Waals surface area contributed by atoms with Gasteiger partial charge in [-0.05, 0) is 74.7 Å². The number of carbonyl (C=O) groups is 1. The van der Waals surface area contributed by atoms with Gasteiger partial charge >= 0.3 is 0 Å². The van der Waals surface area contributed by atoms with E-state index in [4.69, 9.17) is 4.37 Å². The van der Waals surface area contributed by atoms with Crippen LogP contribution in [0.4, 0.5) is 5.82 Å². The van der Waals surface area contributed by atoms with E-state index < -0.39 is 0 Å². The third kappa shape index (κ3) is 5.28. The molecule has 0 radical (unpaired) electrons. The number of amides is 1. The van der Waals surface area contributed by atoms with Gasteiger partial charge in [-0.3, -0.25) is 9.69 Å². The van der Waals surface area contributed by atoms with Crippen LogP contribution in [0.25, 0.3) is 10.1 Å². The molecule has 158 valence electrons. The summed E-state index contributed by atoms with van der Waals surface area (Å²) < 4.78 is 6.01. The molecule has 0 bridgehead atoms. The molecule has 2 fully saturated rings. The summed E-state index contributed by atoms with van der Waals surface area (Å²) in [6.07, 6.45) is 7.75. The van der Waals surface area contributed by atoms with Crippen molar-refractivity contribution < 1.29 is 4.79 Å². The molecule has 1 aliphatic carbocycles. The fraction of sp³-hybridized carbons (Fsp3) is 0.652. The summed E-state index contributed by atoms with van der Waals surface area (Å²) in [7, 11) is 0. The summed E-state index contributed by atoms with van der Waals surface area (Å²) in [5.41, 5.74) is 0. The van der Waals surface area contributed by atoms with Crippen LogP contribution >= 0.6 is 11.5 Å². The summed E-state index contributed by atoms with van der Waals surface area (Å²) in [6, 6.07) is 8.98. The standard InChI is InChI=1S/C23H34N4OS/c1-2-5-22(28)24-19-10-8-18(9-11-19)12-13-26-14-16-27(17-15-26)23-20-6-3-4-7-21(20)29-25-23/h3-4,6-7,18-19H,2,5,8-17H2,1H3,(H,24,28). The Morgan fingerprint density at radius 3 is 2.66 bits per heavy atom. The monoisotopic (exact) mass is 414 g/mol. The van der Waals surface area contributed by atoms with E-state index in [-0.39, 0.29) is 5.91 Å². The minimum atomic E-state index is 0.238. The van der Waals surface area contributed by atoms with E-state index in [9.17, 15) is 4.79 Å². The number of aromatic nitrogens is 1. The highest BCUT2D eigenvalue weighted by molar-refractivity contribution is 7.13. The van der Waals surface area contributed by atoms with Gasteiger partial charge in [0.1, 0.15) is 5.82 Å². The van der Waals surface area contributed by atoms with Crippen molar-refractivity contribution in [2.75, 3.05) is 37.6 Å². The Morgan fingerprint density at radius 2 is 1.90 bits per heavy atom. The Bertz CT molecular complexity index is 791. The van der Waals surface area contributed by atoms with Gasteiger partial charge in [-0.25, -0.2) is 0 Å². The molecule has 2 heterocycles. The first-order valence-electron chi connectivity index (χ1n) is 11.3. The Hall–Kier alpha value is -1.66. The molecule has 2 aliphatic rings. The van der Waals surface area contributed by atoms with Crippen LogP contribution in [-0.4, -0.2) is 53.9 Å². The van der Waals surface area contributed by atoms with Crippen molar-refractivity contribution in [2.24, 2.45) is 5.92 Å². The molecule has 6 heteroatoms. The van der Waals surface area contributed by atoms with Gasteiger partial charge < -0.3 is 10.2 Å². The lowest BCUT2D eigenvalue weighted by atomic mass is 9.84. The summed E-state index contributed by atoms with van der Waals surface area (Å²) in [5.74, 6) is 2.24. The van der Waals surface area contributed by atoms with Gasteiger partial charge in [0.2, 0.25) is 5.91 Å². The molecule has 1 saturated heterocycles. The Balaban J connectivity index is 1.17. The van der Waals surface area contributed by atoms with Crippen molar-refractivity contribution >= 4 is 33.3 Å². The fourth-order valence-electron chi connectivity index (χ4n) is 4.77. The Labute approximate surface area is 178 Å². The van der Waals surface area contributed by atoms with Crippen molar-refractivity contribution in [1.29, 1.82) is 0 Å². The van der Waals surface area contributed by atoms with Crippen LogP contribution in [-0.2, 0) is 4.79 Å². The number of fused-ring (bicyclic) bond motifs is 1. The van der Waals surface area contributed by atoms with Crippen LogP contribution in [0.15, 0.2) is 24.3 Å². The van der Waals surface area contributed by atoms with Crippen LogP contribution in [0.1, 0.15) is 51.9 Å². The SMILES string of the molecule is CCCC(=O)NC1CCC(CCN2CCN(c3nsc4ccccc34)CC2)CC1. The second kappa shape index (κ2) is 9.90. The van der Waals surface area contributed by atoms with Crippen LogP contribution in [0, 0.1) is 5.92 Å². The smallest absolute Gasteiger partial charge is 0.220 e. The quantitative estimate of drug-likeness (QED) is 0.734. The van der Waals surface area contributed by atoms with Gasteiger partial charge in [-0.2, -0.15) is 4.37 Å². The van der Waals surface area contributed by atoms with Gasteiger partial charge in [0.15, 0.2) is 0 Å². The molecule has 1 aromatic carbocycles. The minimum absolute atomic E-state index is 0.238. The van der Waals surface area contributed by atoms with Gasteiger partial charge in [-0.1, -0.05) is 19.1 Å². The number of nitrogens with zero attached hydrogens (tertiary/aromatic N) is 3. The van der Waals surface area contributed by atoms with E-state index in [1.165, 1.54) is 41.7 Å². The number of carbonyl (C=O) groups excluding carboxylic acids is 1. The zero-order chi connectivity index (χ0) is 20.1. The average Bonchev–Trinajstić information content (AvgIpc) is 3.18. The van der Waals surface area contributed by atoms with Crippen LogP contribution in [0.2, 0.25) is 0 Å². The van der Waals surface area contributed by atoms with Gasteiger partial charge in [-0.15, -0.1) is 0 Å². The lowest BCUT2D eigenvalue weighted by Crippen LogP contribution is -2.47. The van der Waals surface area contributed by atoms with Crippen LogP contribution in [0.3, 0.4) is 0 Å². The third-order valence-corrected chi connectivity index (χ3v) is 7.39. The van der Waals surface area contributed by atoms with Crippen molar-refractivity contribution in [2.45, 2.75) is 57.9 Å².